The molecule has 0 radical (unpaired) electrons. The number of nitrogens with zero attached hydrogens (tertiary/aromatic N) is 3. The van der Waals surface area contributed by atoms with Crippen molar-refractivity contribution in [2.75, 3.05) is 43.6 Å². The maximum atomic E-state index is 12.7. The van der Waals surface area contributed by atoms with Crippen molar-refractivity contribution in [2.45, 2.75) is 0 Å². The van der Waals surface area contributed by atoms with E-state index in [1.165, 1.54) is 30.6 Å². The van der Waals surface area contributed by atoms with Crippen molar-refractivity contribution in [3.8, 4) is 5.75 Å². The van der Waals surface area contributed by atoms with Gasteiger partial charge >= 0.3 is 0 Å². The molecule has 33 heavy (non-hydrogen) atoms. The molecule has 1 amide bonds. The van der Waals surface area contributed by atoms with Gasteiger partial charge in [0.05, 0.1) is 40.5 Å². The van der Waals surface area contributed by atoms with Gasteiger partial charge in [-0.2, -0.15) is 0 Å². The van der Waals surface area contributed by atoms with Crippen molar-refractivity contribution in [3.05, 3.63) is 51.0 Å². The van der Waals surface area contributed by atoms with Crippen LogP contribution in [0, 0.1) is 10.1 Å². The highest BCUT2D eigenvalue weighted by Gasteiger charge is 2.23. The highest BCUT2D eigenvalue weighted by molar-refractivity contribution is 7.80. The summed E-state index contributed by atoms with van der Waals surface area (Å²) in [5.74, 6) is -0.0488. The van der Waals surface area contributed by atoms with Crippen LogP contribution in [0.1, 0.15) is 10.4 Å². The second kappa shape index (κ2) is 9.83. The molecular weight excluding hydrogens is 490 g/mol. The summed E-state index contributed by atoms with van der Waals surface area (Å²) in [6.45, 7) is 2.06. The first kappa shape index (κ1) is 23.1. The van der Waals surface area contributed by atoms with Gasteiger partial charge in [-0.15, -0.1) is 0 Å². The second-order valence-electron chi connectivity index (χ2n) is 6.94. The Labute approximate surface area is 202 Å². The van der Waals surface area contributed by atoms with Gasteiger partial charge in [0.2, 0.25) is 0 Å². The van der Waals surface area contributed by atoms with E-state index in [-0.39, 0.29) is 16.4 Å². The zero-order valence-corrected chi connectivity index (χ0v) is 19.7. The number of carbonyl (C=O) groups is 1. The normalized spacial score (nSPS) is 13.6. The molecule has 0 spiro atoms. The monoisotopic (exact) mass is 507 g/mol. The van der Waals surface area contributed by atoms with Crippen LogP contribution in [0.25, 0.3) is 10.2 Å². The van der Waals surface area contributed by atoms with Gasteiger partial charge in [-0.1, -0.05) is 22.9 Å². The molecule has 3 aromatic rings. The van der Waals surface area contributed by atoms with Crippen molar-refractivity contribution in [1.29, 1.82) is 0 Å². The molecule has 1 saturated heterocycles. The largest absolute Gasteiger partial charge is 0.495 e. The smallest absolute Gasteiger partial charge is 0.293 e. The Morgan fingerprint density at radius 2 is 2.09 bits per heavy atom. The van der Waals surface area contributed by atoms with Crippen LogP contribution in [0.4, 0.5) is 16.5 Å². The van der Waals surface area contributed by atoms with Gasteiger partial charge in [0.15, 0.2) is 10.2 Å². The Morgan fingerprint density at radius 3 is 2.79 bits per heavy atom. The molecule has 1 fully saturated rings. The number of morpholine rings is 1. The average Bonchev–Trinajstić information content (AvgIpc) is 3.19. The number of aromatic nitrogens is 1. The highest BCUT2D eigenvalue weighted by atomic mass is 35.5. The average molecular weight is 508 g/mol. The number of benzene rings is 2. The summed E-state index contributed by atoms with van der Waals surface area (Å²) in [6, 6.07) is 7.78. The first-order valence-electron chi connectivity index (χ1n) is 9.73. The van der Waals surface area contributed by atoms with Gasteiger partial charge < -0.3 is 19.7 Å². The van der Waals surface area contributed by atoms with E-state index in [0.29, 0.717) is 53.4 Å². The van der Waals surface area contributed by atoms with Crippen LogP contribution < -0.4 is 20.3 Å². The number of nitrogens with one attached hydrogen (secondary N) is 2. The number of thiazole rings is 1. The third-order valence-electron chi connectivity index (χ3n) is 4.90. The van der Waals surface area contributed by atoms with E-state index in [2.05, 4.69) is 15.6 Å². The lowest BCUT2D eigenvalue weighted by molar-refractivity contribution is -0.384. The highest BCUT2D eigenvalue weighted by Crippen LogP contribution is 2.34. The number of amides is 1. The fourth-order valence-electron chi connectivity index (χ4n) is 3.33. The number of ether oxygens (including phenoxy) is 2. The fraction of sp³-hybridized carbons (Fsp3) is 0.250. The second-order valence-corrected chi connectivity index (χ2v) is 8.79. The van der Waals surface area contributed by atoms with Crippen LogP contribution in [-0.4, -0.2) is 54.3 Å². The van der Waals surface area contributed by atoms with Crippen LogP contribution in [-0.2, 0) is 4.74 Å². The minimum absolute atomic E-state index is 0.0111. The molecule has 13 heteroatoms. The zero-order chi connectivity index (χ0) is 23.5. The maximum absolute atomic E-state index is 12.7. The number of nitro benzene ring substituents is 1. The summed E-state index contributed by atoms with van der Waals surface area (Å²) < 4.78 is 11.3. The first-order valence-corrected chi connectivity index (χ1v) is 11.3. The summed E-state index contributed by atoms with van der Waals surface area (Å²) in [4.78, 5) is 30.0. The molecule has 0 saturated carbocycles. The number of thiocarbonyl (C=S) groups is 1. The van der Waals surface area contributed by atoms with E-state index in [0.717, 1.165) is 4.70 Å². The number of fused-ring (bicyclic) bond motifs is 1. The molecule has 0 atom stereocenters. The van der Waals surface area contributed by atoms with Crippen LogP contribution in [0.15, 0.2) is 30.3 Å². The molecule has 1 aliphatic heterocycles. The molecule has 0 unspecified atom stereocenters. The summed E-state index contributed by atoms with van der Waals surface area (Å²) in [6.07, 6.45) is 0. The standard InChI is InChI=1S/C20H18ClN5O5S2/c1-30-16-10-17-13(9-12(16)21)22-20(33-17)24-19(32)23-18(27)11-2-3-14(15(8-11)26(28)29)25-4-6-31-7-5-25/h2-3,8-10H,4-7H2,1H3,(H2,22,23,24,27,32). The molecule has 172 valence electrons. The minimum atomic E-state index is -0.574. The third kappa shape index (κ3) is 5.14. The van der Waals surface area contributed by atoms with Gasteiger partial charge in [0, 0.05) is 30.8 Å². The summed E-state index contributed by atoms with van der Waals surface area (Å²) in [5, 5.41) is 17.9. The Morgan fingerprint density at radius 1 is 1.33 bits per heavy atom. The quantitative estimate of drug-likeness (QED) is 0.301. The Bertz CT molecular complexity index is 1250. The van der Waals surface area contributed by atoms with Gasteiger partial charge in [-0.05, 0) is 30.4 Å². The summed E-state index contributed by atoms with van der Waals surface area (Å²) >= 11 is 12.7. The van der Waals surface area contributed by atoms with E-state index in [9.17, 15) is 14.9 Å². The fourth-order valence-corrected chi connectivity index (χ4v) is 4.70. The van der Waals surface area contributed by atoms with Crippen molar-refractivity contribution in [3.63, 3.8) is 0 Å². The van der Waals surface area contributed by atoms with Gasteiger partial charge in [-0.3, -0.25) is 20.2 Å². The number of carbonyl (C=O) groups excluding carboxylic acids is 1. The molecule has 0 bridgehead atoms. The molecule has 2 heterocycles. The van der Waals surface area contributed by atoms with Gasteiger partial charge in [-0.25, -0.2) is 4.98 Å². The Balaban J connectivity index is 1.47. The van der Waals surface area contributed by atoms with E-state index in [1.807, 2.05) is 4.90 Å². The van der Waals surface area contributed by atoms with E-state index < -0.39 is 10.8 Å². The number of rotatable bonds is 5. The van der Waals surface area contributed by atoms with E-state index in [1.54, 1.807) is 18.2 Å². The van der Waals surface area contributed by atoms with Crippen molar-refractivity contribution < 1.29 is 19.2 Å². The van der Waals surface area contributed by atoms with Gasteiger partial charge in [0.25, 0.3) is 11.6 Å². The van der Waals surface area contributed by atoms with Crippen LogP contribution in [0.2, 0.25) is 5.02 Å². The maximum Gasteiger partial charge on any atom is 0.293 e. The molecule has 1 aliphatic rings. The van der Waals surface area contributed by atoms with Crippen molar-refractivity contribution >= 4 is 72.9 Å². The predicted molar refractivity (Wildman–Crippen MR) is 131 cm³/mol. The molecule has 4 rings (SSSR count). The van der Waals surface area contributed by atoms with Gasteiger partial charge in [0.1, 0.15) is 11.4 Å². The van der Waals surface area contributed by atoms with Crippen LogP contribution in [0.3, 0.4) is 0 Å². The van der Waals surface area contributed by atoms with E-state index >= 15 is 0 Å². The lowest BCUT2D eigenvalue weighted by atomic mass is 10.1. The number of halogens is 1. The molecule has 10 nitrogen and oxygen atoms in total. The minimum Gasteiger partial charge on any atom is -0.495 e. The number of anilines is 2. The number of nitro groups is 1. The lowest BCUT2D eigenvalue weighted by Crippen LogP contribution is -2.37. The summed E-state index contributed by atoms with van der Waals surface area (Å²) in [5.41, 5.74) is 1.06. The Hall–Kier alpha value is -3.06. The molecular formula is C20H18ClN5O5S2. The zero-order valence-electron chi connectivity index (χ0n) is 17.3. The third-order valence-corrected chi connectivity index (χ3v) is 6.33. The van der Waals surface area contributed by atoms with Crippen LogP contribution >= 0.6 is 35.2 Å². The molecule has 1 aromatic heterocycles. The first-order chi connectivity index (χ1) is 15.9. The topological polar surface area (TPSA) is 119 Å². The number of hydrogen-bond acceptors (Lipinski definition) is 9. The Kier molecular flexibility index (Phi) is 6.88. The number of hydrogen-bond donors (Lipinski definition) is 2. The lowest BCUT2D eigenvalue weighted by Gasteiger charge is -2.28. The molecule has 2 N–H and O–H groups in total. The number of methoxy groups -OCH3 is 1. The summed E-state index contributed by atoms with van der Waals surface area (Å²) in [7, 11) is 1.52. The van der Waals surface area contributed by atoms with Crippen LogP contribution in [0.5, 0.6) is 5.75 Å². The molecule has 0 aliphatic carbocycles. The molecule has 2 aromatic carbocycles. The van der Waals surface area contributed by atoms with Crippen molar-refractivity contribution in [1.82, 2.24) is 10.3 Å². The van der Waals surface area contributed by atoms with E-state index in [4.69, 9.17) is 33.3 Å². The SMILES string of the molecule is COc1cc2sc(NC(=S)NC(=O)c3ccc(N4CCOCC4)c([N+](=O)[O-])c3)nc2cc1Cl. The van der Waals surface area contributed by atoms with Crippen molar-refractivity contribution in [2.24, 2.45) is 0 Å². The predicted octanol–water partition coefficient (Wildman–Crippen LogP) is 3.83.